The highest BCUT2D eigenvalue weighted by atomic mass is 16.1. The fourth-order valence-corrected chi connectivity index (χ4v) is 3.40. The van der Waals surface area contributed by atoms with E-state index >= 15 is 0 Å². The Balaban J connectivity index is 1.39. The number of H-pyrrole nitrogens is 1. The van der Waals surface area contributed by atoms with Crippen LogP contribution >= 0.6 is 0 Å². The van der Waals surface area contributed by atoms with E-state index in [4.69, 9.17) is 0 Å². The first kappa shape index (κ1) is 15.1. The van der Waals surface area contributed by atoms with E-state index in [9.17, 15) is 4.79 Å². The highest BCUT2D eigenvalue weighted by molar-refractivity contribution is 5.97. The smallest absolute Gasteiger partial charge is 0.253 e. The zero-order valence-electron chi connectivity index (χ0n) is 14.4. The molecule has 4 aromatic rings. The molecule has 0 radical (unpaired) electrons. The van der Waals surface area contributed by atoms with Gasteiger partial charge in [0, 0.05) is 23.5 Å². The molecule has 0 bridgehead atoms. The Kier molecular flexibility index (Phi) is 3.31. The number of carbonyl (C=O) groups is 1. The van der Waals surface area contributed by atoms with Gasteiger partial charge in [0.2, 0.25) is 0 Å². The summed E-state index contributed by atoms with van der Waals surface area (Å²) < 4.78 is 1.99. The molecule has 0 aliphatic heterocycles. The number of fused-ring (bicyclic) bond motifs is 2. The molecular formula is C20H19N5O. The van der Waals surface area contributed by atoms with Crippen LogP contribution in [0.5, 0.6) is 0 Å². The minimum absolute atomic E-state index is 0.145. The molecule has 1 aliphatic carbocycles. The van der Waals surface area contributed by atoms with Crippen LogP contribution in [-0.2, 0) is 0 Å². The number of imidazole rings is 1. The number of pyridine rings is 2. The Hall–Kier alpha value is -3.15. The number of aromatic nitrogens is 4. The van der Waals surface area contributed by atoms with Gasteiger partial charge < -0.3 is 14.7 Å². The van der Waals surface area contributed by atoms with Crippen molar-refractivity contribution in [1.82, 2.24) is 24.7 Å². The maximum absolute atomic E-state index is 12.7. The molecule has 0 aromatic carbocycles. The summed E-state index contributed by atoms with van der Waals surface area (Å²) in [4.78, 5) is 24.9. The van der Waals surface area contributed by atoms with Crippen LogP contribution < -0.4 is 5.32 Å². The van der Waals surface area contributed by atoms with Crippen molar-refractivity contribution in [2.24, 2.45) is 0 Å². The van der Waals surface area contributed by atoms with Gasteiger partial charge >= 0.3 is 0 Å². The molecular weight excluding hydrogens is 326 g/mol. The van der Waals surface area contributed by atoms with Gasteiger partial charge in [0.1, 0.15) is 11.5 Å². The van der Waals surface area contributed by atoms with Crippen LogP contribution in [0.4, 0.5) is 0 Å². The van der Waals surface area contributed by atoms with E-state index in [-0.39, 0.29) is 11.9 Å². The fourth-order valence-electron chi connectivity index (χ4n) is 3.40. The lowest BCUT2D eigenvalue weighted by molar-refractivity contribution is 0.0938. The summed E-state index contributed by atoms with van der Waals surface area (Å²) in [5.41, 5.74) is 3.64. The molecule has 130 valence electrons. The van der Waals surface area contributed by atoms with E-state index in [0.29, 0.717) is 11.5 Å². The van der Waals surface area contributed by atoms with E-state index in [1.807, 2.05) is 48.0 Å². The Morgan fingerprint density at radius 2 is 2.15 bits per heavy atom. The largest absolute Gasteiger partial charge is 0.343 e. The van der Waals surface area contributed by atoms with Crippen molar-refractivity contribution in [3.8, 4) is 0 Å². The number of rotatable bonds is 4. The predicted octanol–water partition coefficient (Wildman–Crippen LogP) is 3.58. The van der Waals surface area contributed by atoms with Crippen molar-refractivity contribution in [1.29, 1.82) is 0 Å². The first-order valence-electron chi connectivity index (χ1n) is 8.90. The van der Waals surface area contributed by atoms with Crippen molar-refractivity contribution >= 4 is 22.5 Å². The molecule has 1 aliphatic rings. The van der Waals surface area contributed by atoms with Crippen molar-refractivity contribution in [3.05, 3.63) is 66.0 Å². The summed E-state index contributed by atoms with van der Waals surface area (Å²) in [6.07, 6.45) is 7.85. The van der Waals surface area contributed by atoms with Crippen molar-refractivity contribution in [2.45, 2.75) is 31.7 Å². The molecule has 1 saturated carbocycles. The summed E-state index contributed by atoms with van der Waals surface area (Å²) in [5.74, 6) is 1.30. The van der Waals surface area contributed by atoms with E-state index in [2.05, 4.69) is 26.3 Å². The summed E-state index contributed by atoms with van der Waals surface area (Å²) in [6.45, 7) is 1.94. The molecule has 5 rings (SSSR count). The number of hydrogen-bond donors (Lipinski definition) is 2. The number of amides is 1. The first-order chi connectivity index (χ1) is 12.7. The lowest BCUT2D eigenvalue weighted by Gasteiger charge is -2.13. The third-order valence-corrected chi connectivity index (χ3v) is 4.97. The third kappa shape index (κ3) is 2.54. The molecule has 0 unspecified atom stereocenters. The second kappa shape index (κ2) is 5.69. The number of nitrogens with one attached hydrogen (secondary N) is 2. The molecule has 1 fully saturated rings. The minimum atomic E-state index is -0.212. The maximum Gasteiger partial charge on any atom is 0.253 e. The molecule has 4 aromatic heterocycles. The van der Waals surface area contributed by atoms with Gasteiger partial charge in [-0.05, 0) is 49.9 Å². The van der Waals surface area contributed by atoms with Gasteiger partial charge in [-0.2, -0.15) is 0 Å². The average molecular weight is 345 g/mol. The molecule has 2 N–H and O–H groups in total. The lowest BCUT2D eigenvalue weighted by Crippen LogP contribution is -2.28. The van der Waals surface area contributed by atoms with E-state index in [1.165, 1.54) is 18.5 Å². The predicted molar refractivity (Wildman–Crippen MR) is 99.1 cm³/mol. The van der Waals surface area contributed by atoms with Gasteiger partial charge in [0.15, 0.2) is 0 Å². The first-order valence-corrected chi connectivity index (χ1v) is 8.90. The van der Waals surface area contributed by atoms with Gasteiger partial charge in [0.25, 0.3) is 5.91 Å². The van der Waals surface area contributed by atoms with E-state index in [0.717, 1.165) is 22.4 Å². The monoisotopic (exact) mass is 345 g/mol. The molecule has 4 heterocycles. The molecule has 26 heavy (non-hydrogen) atoms. The Morgan fingerprint density at radius 1 is 1.27 bits per heavy atom. The molecule has 6 nitrogen and oxygen atoms in total. The third-order valence-electron chi connectivity index (χ3n) is 4.97. The van der Waals surface area contributed by atoms with Crippen LogP contribution in [-0.4, -0.2) is 25.3 Å². The van der Waals surface area contributed by atoms with Crippen LogP contribution in [0.3, 0.4) is 0 Å². The summed E-state index contributed by atoms with van der Waals surface area (Å²) in [5, 5.41) is 4.01. The SMILES string of the molecule is C[C@@H](NC(=O)c1cnc2[nH]c(C3CC3)cc2c1)c1ncc2ccccn12. The second-order valence-corrected chi connectivity index (χ2v) is 6.97. The van der Waals surface area contributed by atoms with Gasteiger partial charge in [-0.15, -0.1) is 0 Å². The zero-order valence-corrected chi connectivity index (χ0v) is 14.4. The highest BCUT2D eigenvalue weighted by Crippen LogP contribution is 2.40. The number of hydrogen-bond acceptors (Lipinski definition) is 3. The Labute approximate surface area is 150 Å². The second-order valence-electron chi connectivity index (χ2n) is 6.97. The van der Waals surface area contributed by atoms with Crippen molar-refractivity contribution in [3.63, 3.8) is 0 Å². The van der Waals surface area contributed by atoms with Gasteiger partial charge in [-0.3, -0.25) is 4.79 Å². The van der Waals surface area contributed by atoms with Crippen LogP contribution in [0.1, 0.15) is 53.6 Å². The van der Waals surface area contributed by atoms with E-state index in [1.54, 1.807) is 6.20 Å². The van der Waals surface area contributed by atoms with Crippen LogP contribution in [0, 0.1) is 0 Å². The molecule has 1 atom stereocenters. The summed E-state index contributed by atoms with van der Waals surface area (Å²) in [6, 6.07) is 9.72. The van der Waals surface area contributed by atoms with Crippen LogP contribution in [0.15, 0.2) is 48.9 Å². The summed E-state index contributed by atoms with van der Waals surface area (Å²) >= 11 is 0. The lowest BCUT2D eigenvalue weighted by atomic mass is 10.2. The molecule has 1 amide bonds. The minimum Gasteiger partial charge on any atom is -0.343 e. The van der Waals surface area contributed by atoms with Crippen molar-refractivity contribution < 1.29 is 4.79 Å². The quantitative estimate of drug-likeness (QED) is 0.594. The highest BCUT2D eigenvalue weighted by Gasteiger charge is 2.25. The standard InChI is InChI=1S/C20H19N5O/c1-12(19-22-11-16-4-2-3-7-25(16)19)23-20(26)15-8-14-9-17(13-5-6-13)24-18(14)21-10-15/h2-4,7-13H,5-6H2,1H3,(H,21,24)(H,23,26)/t12-/m1/s1. The zero-order chi connectivity index (χ0) is 17.7. The van der Waals surface area contributed by atoms with Gasteiger partial charge in [-0.25, -0.2) is 9.97 Å². The van der Waals surface area contributed by atoms with Crippen LogP contribution in [0.25, 0.3) is 16.6 Å². The molecule has 0 spiro atoms. The number of carbonyl (C=O) groups excluding carboxylic acids is 1. The molecule has 6 heteroatoms. The van der Waals surface area contributed by atoms with Crippen LogP contribution in [0.2, 0.25) is 0 Å². The van der Waals surface area contributed by atoms with E-state index < -0.39 is 0 Å². The normalized spacial score (nSPS) is 15.4. The van der Waals surface area contributed by atoms with Gasteiger partial charge in [-0.1, -0.05) is 6.07 Å². The van der Waals surface area contributed by atoms with Gasteiger partial charge in [0.05, 0.1) is 23.3 Å². The Morgan fingerprint density at radius 3 is 3.00 bits per heavy atom. The maximum atomic E-state index is 12.7. The number of aromatic amines is 1. The Bertz CT molecular complexity index is 1120. The molecule has 0 saturated heterocycles. The summed E-state index contributed by atoms with van der Waals surface area (Å²) in [7, 11) is 0. The average Bonchev–Trinajstić information content (AvgIpc) is 3.27. The van der Waals surface area contributed by atoms with Crippen molar-refractivity contribution in [2.75, 3.05) is 0 Å². The topological polar surface area (TPSA) is 75.1 Å². The number of nitrogens with zero attached hydrogens (tertiary/aromatic N) is 3. The fraction of sp³-hybridized carbons (Fsp3) is 0.250.